The molecule has 0 rings (SSSR count). The minimum Gasteiger partial charge on any atom is -0.480 e. The van der Waals surface area contributed by atoms with Crippen LogP contribution in [-0.2, 0) is 14.3 Å². The molecule has 0 aromatic heterocycles. The van der Waals surface area contributed by atoms with Crippen molar-refractivity contribution < 1.29 is 24.2 Å². The van der Waals surface area contributed by atoms with E-state index in [9.17, 15) is 14.4 Å². The lowest BCUT2D eigenvalue weighted by atomic mass is 10.1. The predicted molar refractivity (Wildman–Crippen MR) is 68.7 cm³/mol. The van der Waals surface area contributed by atoms with Crippen LogP contribution in [0.4, 0.5) is 4.79 Å². The van der Waals surface area contributed by atoms with Crippen molar-refractivity contribution in [1.82, 2.24) is 10.6 Å². The molecule has 0 aromatic rings. The van der Waals surface area contributed by atoms with Gasteiger partial charge in [0.05, 0.1) is 13.0 Å². The van der Waals surface area contributed by atoms with E-state index in [0.29, 0.717) is 13.0 Å². The lowest BCUT2D eigenvalue weighted by Gasteiger charge is -2.14. The highest BCUT2D eigenvalue weighted by molar-refractivity contribution is 5.82. The summed E-state index contributed by atoms with van der Waals surface area (Å²) in [5.74, 6) is -1.46. The van der Waals surface area contributed by atoms with Gasteiger partial charge in [-0.1, -0.05) is 19.8 Å². The maximum Gasteiger partial charge on any atom is 0.326 e. The summed E-state index contributed by atoms with van der Waals surface area (Å²) in [6.45, 7) is 4.05. The molecule has 0 aliphatic rings. The third-order valence-corrected chi connectivity index (χ3v) is 2.37. The number of urea groups is 1. The van der Waals surface area contributed by atoms with Gasteiger partial charge < -0.3 is 20.5 Å². The van der Waals surface area contributed by atoms with Gasteiger partial charge in [-0.25, -0.2) is 9.59 Å². The number of ether oxygens (including phenoxy) is 1. The van der Waals surface area contributed by atoms with E-state index >= 15 is 0 Å². The maximum atomic E-state index is 11.4. The van der Waals surface area contributed by atoms with E-state index in [1.807, 2.05) is 6.92 Å². The number of rotatable bonds is 9. The van der Waals surface area contributed by atoms with Gasteiger partial charge in [-0.2, -0.15) is 0 Å². The molecule has 0 aliphatic carbocycles. The highest BCUT2D eigenvalue weighted by atomic mass is 16.5. The number of carbonyl (C=O) groups is 3. The van der Waals surface area contributed by atoms with E-state index in [-0.39, 0.29) is 13.0 Å². The maximum absolute atomic E-state index is 11.4. The fourth-order valence-electron chi connectivity index (χ4n) is 1.39. The van der Waals surface area contributed by atoms with Gasteiger partial charge in [-0.3, -0.25) is 4.79 Å². The zero-order valence-electron chi connectivity index (χ0n) is 11.4. The molecular formula is C12H22N2O5. The molecule has 1 atom stereocenters. The minimum absolute atomic E-state index is 0.0635. The van der Waals surface area contributed by atoms with E-state index < -0.39 is 24.0 Å². The average Bonchev–Trinajstić information content (AvgIpc) is 2.34. The van der Waals surface area contributed by atoms with Crippen molar-refractivity contribution in [2.45, 2.75) is 45.6 Å². The summed E-state index contributed by atoms with van der Waals surface area (Å²) in [7, 11) is 0. The molecule has 110 valence electrons. The first-order valence-corrected chi connectivity index (χ1v) is 6.44. The van der Waals surface area contributed by atoms with Gasteiger partial charge in [-0.15, -0.1) is 0 Å². The second kappa shape index (κ2) is 10.2. The molecule has 0 radical (unpaired) electrons. The van der Waals surface area contributed by atoms with Crippen LogP contribution in [0.2, 0.25) is 0 Å². The predicted octanol–water partition coefficient (Wildman–Crippen LogP) is 0.882. The first kappa shape index (κ1) is 17.2. The lowest BCUT2D eigenvalue weighted by molar-refractivity contribution is -0.143. The summed E-state index contributed by atoms with van der Waals surface area (Å²) >= 11 is 0. The Balaban J connectivity index is 3.93. The summed E-state index contributed by atoms with van der Waals surface area (Å²) < 4.78 is 4.69. The van der Waals surface area contributed by atoms with Gasteiger partial charge >= 0.3 is 18.0 Å². The Bertz CT molecular complexity index is 306. The zero-order chi connectivity index (χ0) is 14.7. The Morgan fingerprint density at radius 3 is 2.47 bits per heavy atom. The number of carbonyl (C=O) groups excluding carboxylic acids is 2. The third-order valence-electron chi connectivity index (χ3n) is 2.37. The number of amides is 2. The second-order valence-corrected chi connectivity index (χ2v) is 3.99. The largest absolute Gasteiger partial charge is 0.480 e. The summed E-state index contributed by atoms with van der Waals surface area (Å²) in [4.78, 5) is 33.3. The Hall–Kier alpha value is -1.79. The summed E-state index contributed by atoms with van der Waals surface area (Å²) in [5.41, 5.74) is 0. The molecule has 7 heteroatoms. The molecule has 7 nitrogen and oxygen atoms in total. The molecule has 2 amide bonds. The molecule has 0 fully saturated rings. The standard InChI is InChI=1S/C12H22N2O5/c1-3-5-6-9(11(16)17)14-12(18)13-8-7-10(15)19-4-2/h9H,3-8H2,1-2H3,(H,16,17)(H2,13,14,18). The number of carboxylic acids is 1. The molecule has 0 saturated carbocycles. The Labute approximate surface area is 112 Å². The number of aliphatic carboxylic acids is 1. The van der Waals surface area contributed by atoms with E-state index in [1.54, 1.807) is 6.92 Å². The van der Waals surface area contributed by atoms with Crippen LogP contribution >= 0.6 is 0 Å². The summed E-state index contributed by atoms with van der Waals surface area (Å²) in [5, 5.41) is 13.7. The van der Waals surface area contributed by atoms with Crippen molar-refractivity contribution >= 4 is 18.0 Å². The smallest absolute Gasteiger partial charge is 0.326 e. The Kier molecular flexibility index (Phi) is 9.20. The molecule has 3 N–H and O–H groups in total. The number of hydrogen-bond acceptors (Lipinski definition) is 4. The van der Waals surface area contributed by atoms with Crippen molar-refractivity contribution in [2.24, 2.45) is 0 Å². The van der Waals surface area contributed by atoms with Gasteiger partial charge in [0.2, 0.25) is 0 Å². The van der Waals surface area contributed by atoms with Gasteiger partial charge in [-0.05, 0) is 13.3 Å². The first-order chi connectivity index (χ1) is 9.01. The van der Waals surface area contributed by atoms with E-state index in [4.69, 9.17) is 9.84 Å². The molecule has 0 aliphatic heterocycles. The van der Waals surface area contributed by atoms with Crippen molar-refractivity contribution in [3.8, 4) is 0 Å². The molecule has 1 unspecified atom stereocenters. The quantitative estimate of drug-likeness (QED) is 0.541. The highest BCUT2D eigenvalue weighted by Gasteiger charge is 2.18. The number of carboxylic acid groups (broad SMARTS) is 1. The SMILES string of the molecule is CCCCC(NC(=O)NCCC(=O)OCC)C(=O)O. The summed E-state index contributed by atoms with van der Waals surface area (Å²) in [6, 6.07) is -1.49. The van der Waals surface area contributed by atoms with Gasteiger partial charge in [0.25, 0.3) is 0 Å². The van der Waals surface area contributed by atoms with Crippen molar-refractivity contribution in [3.05, 3.63) is 0 Å². The molecule has 0 aromatic carbocycles. The number of nitrogens with one attached hydrogen (secondary N) is 2. The molecule has 19 heavy (non-hydrogen) atoms. The van der Waals surface area contributed by atoms with Crippen LogP contribution in [0.1, 0.15) is 39.5 Å². The average molecular weight is 274 g/mol. The molecule has 0 heterocycles. The topological polar surface area (TPSA) is 105 Å². The lowest BCUT2D eigenvalue weighted by Crippen LogP contribution is -2.46. The fraction of sp³-hybridized carbons (Fsp3) is 0.750. The van der Waals surface area contributed by atoms with Crippen molar-refractivity contribution in [3.63, 3.8) is 0 Å². The van der Waals surface area contributed by atoms with E-state index in [2.05, 4.69) is 10.6 Å². The highest BCUT2D eigenvalue weighted by Crippen LogP contribution is 2.00. The first-order valence-electron chi connectivity index (χ1n) is 6.44. The summed E-state index contributed by atoms with van der Waals surface area (Å²) in [6.07, 6.45) is 2.03. The van der Waals surface area contributed by atoms with Crippen LogP contribution in [0.15, 0.2) is 0 Å². The van der Waals surface area contributed by atoms with Gasteiger partial charge in [0, 0.05) is 6.54 Å². The molecule has 0 bridgehead atoms. The van der Waals surface area contributed by atoms with Crippen LogP contribution in [0.5, 0.6) is 0 Å². The van der Waals surface area contributed by atoms with Gasteiger partial charge in [0.1, 0.15) is 6.04 Å². The third kappa shape index (κ3) is 8.87. The Morgan fingerprint density at radius 1 is 1.26 bits per heavy atom. The molecule has 0 spiro atoms. The number of unbranched alkanes of at least 4 members (excludes halogenated alkanes) is 1. The van der Waals surface area contributed by atoms with Crippen LogP contribution in [-0.4, -0.2) is 42.3 Å². The molecular weight excluding hydrogens is 252 g/mol. The van der Waals surface area contributed by atoms with Crippen LogP contribution < -0.4 is 10.6 Å². The van der Waals surface area contributed by atoms with Gasteiger partial charge in [0.15, 0.2) is 0 Å². The van der Waals surface area contributed by atoms with Crippen molar-refractivity contribution in [2.75, 3.05) is 13.2 Å². The van der Waals surface area contributed by atoms with E-state index in [1.165, 1.54) is 0 Å². The van der Waals surface area contributed by atoms with Crippen LogP contribution in [0, 0.1) is 0 Å². The van der Waals surface area contributed by atoms with Crippen LogP contribution in [0.25, 0.3) is 0 Å². The van der Waals surface area contributed by atoms with Crippen molar-refractivity contribution in [1.29, 1.82) is 0 Å². The minimum atomic E-state index is -1.06. The monoisotopic (exact) mass is 274 g/mol. The Morgan fingerprint density at radius 2 is 1.95 bits per heavy atom. The number of hydrogen-bond donors (Lipinski definition) is 3. The zero-order valence-corrected chi connectivity index (χ0v) is 11.4. The molecule has 0 saturated heterocycles. The normalized spacial score (nSPS) is 11.5. The number of esters is 1. The second-order valence-electron chi connectivity index (χ2n) is 3.99. The van der Waals surface area contributed by atoms with E-state index in [0.717, 1.165) is 12.8 Å². The fourth-order valence-corrected chi connectivity index (χ4v) is 1.39. The van der Waals surface area contributed by atoms with Crippen LogP contribution in [0.3, 0.4) is 0 Å².